The van der Waals surface area contributed by atoms with Crippen molar-refractivity contribution >= 4 is 17.3 Å². The van der Waals surface area contributed by atoms with Crippen molar-refractivity contribution in [3.63, 3.8) is 0 Å². The molecule has 0 bridgehead atoms. The van der Waals surface area contributed by atoms with Crippen LogP contribution in [0.5, 0.6) is 11.5 Å². The lowest BCUT2D eigenvalue weighted by atomic mass is 9.90. The number of hydrogen-bond donors (Lipinski definition) is 1. The predicted octanol–water partition coefficient (Wildman–Crippen LogP) is 5.30. The van der Waals surface area contributed by atoms with E-state index in [0.717, 1.165) is 34.9 Å². The van der Waals surface area contributed by atoms with Gasteiger partial charge >= 0.3 is 0 Å². The minimum Gasteiger partial charge on any atom is -0.497 e. The van der Waals surface area contributed by atoms with E-state index in [4.69, 9.17) is 9.47 Å². The maximum absolute atomic E-state index is 13.3. The van der Waals surface area contributed by atoms with Crippen molar-refractivity contribution in [2.45, 2.75) is 25.4 Å². The number of hydrogen-bond acceptors (Lipinski definition) is 4. The molecule has 0 fully saturated rings. The van der Waals surface area contributed by atoms with Crippen LogP contribution >= 0.6 is 0 Å². The van der Waals surface area contributed by atoms with Crippen molar-refractivity contribution in [2.75, 3.05) is 24.4 Å². The standard InChI is InChI=1S/C25H26N2O3/c1-17-15-23(26-19-9-11-20(29-2)12-10-19)22-16-21(30-3)13-14-24(22)27(17)25(28)18-7-5-4-6-8-18/h4-14,16-17,23,26H,15H2,1-3H3. The van der Waals surface area contributed by atoms with E-state index in [2.05, 4.69) is 12.2 Å². The Labute approximate surface area is 177 Å². The van der Waals surface area contributed by atoms with Crippen LogP contribution in [0, 0.1) is 0 Å². The van der Waals surface area contributed by atoms with Crippen LogP contribution in [0.25, 0.3) is 0 Å². The first-order valence-electron chi connectivity index (χ1n) is 10.1. The van der Waals surface area contributed by atoms with Crippen LogP contribution < -0.4 is 19.7 Å². The van der Waals surface area contributed by atoms with Crippen LogP contribution in [0.4, 0.5) is 11.4 Å². The summed E-state index contributed by atoms with van der Waals surface area (Å²) in [7, 11) is 3.32. The van der Waals surface area contributed by atoms with Crippen LogP contribution in [0.1, 0.15) is 35.3 Å². The maximum atomic E-state index is 13.3. The minimum atomic E-state index is 0.0115. The van der Waals surface area contributed by atoms with Crippen molar-refractivity contribution in [3.05, 3.63) is 83.9 Å². The Hall–Kier alpha value is -3.47. The van der Waals surface area contributed by atoms with Gasteiger partial charge in [0, 0.05) is 28.5 Å². The second kappa shape index (κ2) is 8.49. The molecule has 154 valence electrons. The van der Waals surface area contributed by atoms with Gasteiger partial charge in [-0.2, -0.15) is 0 Å². The average Bonchev–Trinajstić information content (AvgIpc) is 2.79. The molecule has 1 heterocycles. The Morgan fingerprint density at radius 1 is 0.933 bits per heavy atom. The van der Waals surface area contributed by atoms with Crippen LogP contribution in [0.3, 0.4) is 0 Å². The number of carbonyl (C=O) groups is 1. The molecule has 1 aliphatic rings. The molecule has 1 aliphatic heterocycles. The van der Waals surface area contributed by atoms with Crippen molar-refractivity contribution < 1.29 is 14.3 Å². The van der Waals surface area contributed by atoms with Crippen LogP contribution in [-0.2, 0) is 0 Å². The van der Waals surface area contributed by atoms with Crippen LogP contribution in [0.15, 0.2) is 72.8 Å². The number of anilines is 2. The van der Waals surface area contributed by atoms with Crippen molar-refractivity contribution in [1.29, 1.82) is 0 Å². The van der Waals surface area contributed by atoms with Gasteiger partial charge in [0.05, 0.1) is 20.3 Å². The molecule has 30 heavy (non-hydrogen) atoms. The predicted molar refractivity (Wildman–Crippen MR) is 120 cm³/mol. The van der Waals surface area contributed by atoms with E-state index >= 15 is 0 Å². The number of nitrogens with one attached hydrogen (secondary N) is 1. The normalized spacial score (nSPS) is 17.8. The highest BCUT2D eigenvalue weighted by Crippen LogP contribution is 2.41. The summed E-state index contributed by atoms with van der Waals surface area (Å²) in [6.07, 6.45) is 0.783. The van der Waals surface area contributed by atoms with Crippen molar-refractivity contribution in [1.82, 2.24) is 0 Å². The molecule has 2 unspecified atom stereocenters. The summed E-state index contributed by atoms with van der Waals surface area (Å²) >= 11 is 0. The third kappa shape index (κ3) is 3.83. The lowest BCUT2D eigenvalue weighted by Crippen LogP contribution is -2.44. The second-order valence-corrected chi connectivity index (χ2v) is 7.48. The zero-order chi connectivity index (χ0) is 21.1. The monoisotopic (exact) mass is 402 g/mol. The lowest BCUT2D eigenvalue weighted by Gasteiger charge is -2.40. The molecular weight excluding hydrogens is 376 g/mol. The Morgan fingerprint density at radius 3 is 2.27 bits per heavy atom. The molecule has 2 atom stereocenters. The van der Waals surface area contributed by atoms with Crippen LogP contribution in [-0.4, -0.2) is 26.2 Å². The number of carbonyl (C=O) groups excluding carboxylic acids is 1. The lowest BCUT2D eigenvalue weighted by molar-refractivity contribution is 0.0974. The molecule has 5 nitrogen and oxygen atoms in total. The zero-order valence-corrected chi connectivity index (χ0v) is 17.5. The van der Waals surface area contributed by atoms with Gasteiger partial charge in [0.15, 0.2) is 0 Å². The van der Waals surface area contributed by atoms with Gasteiger partial charge in [-0.3, -0.25) is 4.79 Å². The summed E-state index contributed by atoms with van der Waals surface area (Å²) < 4.78 is 10.7. The molecule has 0 saturated heterocycles. The summed E-state index contributed by atoms with van der Waals surface area (Å²) in [5, 5.41) is 3.62. The molecule has 0 spiro atoms. The van der Waals surface area contributed by atoms with Gasteiger partial charge in [0.1, 0.15) is 11.5 Å². The van der Waals surface area contributed by atoms with E-state index in [1.807, 2.05) is 77.7 Å². The fraction of sp³-hybridized carbons (Fsp3) is 0.240. The molecule has 5 heteroatoms. The number of nitrogens with zero attached hydrogens (tertiary/aromatic N) is 1. The van der Waals surface area contributed by atoms with Gasteiger partial charge < -0.3 is 19.7 Å². The molecule has 0 radical (unpaired) electrons. The molecule has 3 aromatic rings. The Bertz CT molecular complexity index is 1020. The Balaban J connectivity index is 1.70. The number of methoxy groups -OCH3 is 2. The molecule has 0 saturated carbocycles. The summed E-state index contributed by atoms with van der Waals surface area (Å²) in [6.45, 7) is 2.09. The van der Waals surface area contributed by atoms with Gasteiger partial charge in [-0.05, 0) is 67.9 Å². The van der Waals surface area contributed by atoms with E-state index in [0.29, 0.717) is 5.56 Å². The summed E-state index contributed by atoms with van der Waals surface area (Å²) in [5.74, 6) is 1.61. The summed E-state index contributed by atoms with van der Waals surface area (Å²) in [5.41, 5.74) is 3.65. The van der Waals surface area contributed by atoms with Crippen molar-refractivity contribution in [2.24, 2.45) is 0 Å². The van der Waals surface area contributed by atoms with Crippen LogP contribution in [0.2, 0.25) is 0 Å². The Kier molecular flexibility index (Phi) is 5.61. The number of fused-ring (bicyclic) bond motifs is 1. The first-order chi connectivity index (χ1) is 14.6. The molecule has 1 N–H and O–H groups in total. The van der Waals surface area contributed by atoms with E-state index in [9.17, 15) is 4.79 Å². The fourth-order valence-electron chi connectivity index (χ4n) is 4.02. The van der Waals surface area contributed by atoms with E-state index in [-0.39, 0.29) is 18.0 Å². The number of rotatable bonds is 5. The third-order valence-electron chi connectivity index (χ3n) is 5.56. The summed E-state index contributed by atoms with van der Waals surface area (Å²) in [4.78, 5) is 15.2. The van der Waals surface area contributed by atoms with Gasteiger partial charge in [-0.15, -0.1) is 0 Å². The van der Waals surface area contributed by atoms with Gasteiger partial charge in [-0.1, -0.05) is 18.2 Å². The number of amides is 1. The zero-order valence-electron chi connectivity index (χ0n) is 17.5. The molecular formula is C25H26N2O3. The largest absolute Gasteiger partial charge is 0.497 e. The third-order valence-corrected chi connectivity index (χ3v) is 5.56. The average molecular weight is 402 g/mol. The highest BCUT2D eigenvalue weighted by molar-refractivity contribution is 6.07. The fourth-order valence-corrected chi connectivity index (χ4v) is 4.02. The number of ether oxygens (including phenoxy) is 2. The molecule has 3 aromatic carbocycles. The maximum Gasteiger partial charge on any atom is 0.258 e. The smallest absolute Gasteiger partial charge is 0.258 e. The van der Waals surface area contributed by atoms with E-state index in [1.165, 1.54) is 0 Å². The second-order valence-electron chi connectivity index (χ2n) is 7.48. The SMILES string of the molecule is COc1ccc(NC2CC(C)N(C(=O)c3ccccc3)c3ccc(OC)cc32)cc1. The van der Waals surface area contributed by atoms with Crippen molar-refractivity contribution in [3.8, 4) is 11.5 Å². The molecule has 4 rings (SSSR count). The first kappa shape index (κ1) is 19.8. The summed E-state index contributed by atoms with van der Waals surface area (Å²) in [6, 6.07) is 23.3. The topological polar surface area (TPSA) is 50.8 Å². The minimum absolute atomic E-state index is 0.0115. The highest BCUT2D eigenvalue weighted by atomic mass is 16.5. The molecule has 0 aliphatic carbocycles. The van der Waals surface area contributed by atoms with Gasteiger partial charge in [0.2, 0.25) is 0 Å². The van der Waals surface area contributed by atoms with Gasteiger partial charge in [-0.25, -0.2) is 0 Å². The number of benzene rings is 3. The first-order valence-corrected chi connectivity index (χ1v) is 10.1. The molecule has 0 aromatic heterocycles. The Morgan fingerprint density at radius 2 is 1.60 bits per heavy atom. The van der Waals surface area contributed by atoms with E-state index in [1.54, 1.807) is 14.2 Å². The highest BCUT2D eigenvalue weighted by Gasteiger charge is 2.34. The van der Waals surface area contributed by atoms with Gasteiger partial charge in [0.25, 0.3) is 5.91 Å². The quantitative estimate of drug-likeness (QED) is 0.629. The molecule has 1 amide bonds. The van der Waals surface area contributed by atoms with E-state index < -0.39 is 0 Å².